The van der Waals surface area contributed by atoms with Crippen LogP contribution in [-0.4, -0.2) is 37.1 Å². The first-order valence-electron chi connectivity index (χ1n) is 8.94. The monoisotopic (exact) mass is 278 g/mol. The number of piperidine rings is 1. The molecule has 1 saturated heterocycles. The third-order valence-corrected chi connectivity index (χ3v) is 5.11. The molecule has 3 aliphatic rings. The molecule has 3 rings (SSSR count). The second kappa shape index (κ2) is 5.96. The zero-order valence-electron chi connectivity index (χ0n) is 13.8. The van der Waals surface area contributed by atoms with E-state index in [-0.39, 0.29) is 0 Å². The molecular formula is C18H34N2. The summed E-state index contributed by atoms with van der Waals surface area (Å²) in [7, 11) is 0. The molecule has 0 aromatic carbocycles. The normalized spacial score (nSPS) is 32.5. The molecule has 3 fully saturated rings. The average molecular weight is 278 g/mol. The van der Waals surface area contributed by atoms with Gasteiger partial charge in [0.05, 0.1) is 0 Å². The highest BCUT2D eigenvalue weighted by molar-refractivity contribution is 4.89. The van der Waals surface area contributed by atoms with E-state index in [2.05, 4.69) is 31.0 Å². The van der Waals surface area contributed by atoms with E-state index < -0.39 is 0 Å². The summed E-state index contributed by atoms with van der Waals surface area (Å²) in [6.45, 7) is 12.2. The fraction of sp³-hybridized carbons (Fsp3) is 1.00. The maximum absolute atomic E-state index is 3.87. The van der Waals surface area contributed by atoms with E-state index in [4.69, 9.17) is 0 Å². The first-order chi connectivity index (χ1) is 9.48. The summed E-state index contributed by atoms with van der Waals surface area (Å²) < 4.78 is 0. The van der Waals surface area contributed by atoms with Crippen molar-refractivity contribution in [3.05, 3.63) is 0 Å². The summed E-state index contributed by atoms with van der Waals surface area (Å²) in [6, 6.07) is 0.741. The Kier molecular flexibility index (Phi) is 4.42. The quantitative estimate of drug-likeness (QED) is 0.799. The summed E-state index contributed by atoms with van der Waals surface area (Å²) in [5, 5.41) is 3.87. The third kappa shape index (κ3) is 5.04. The van der Waals surface area contributed by atoms with Gasteiger partial charge in [-0.05, 0) is 48.9 Å². The third-order valence-electron chi connectivity index (χ3n) is 5.11. The van der Waals surface area contributed by atoms with Crippen molar-refractivity contribution in [2.75, 3.05) is 26.2 Å². The lowest BCUT2D eigenvalue weighted by Gasteiger charge is -2.39. The van der Waals surface area contributed by atoms with Crippen LogP contribution in [0.4, 0.5) is 0 Å². The predicted octanol–water partition coefficient (Wildman–Crippen LogP) is 3.52. The van der Waals surface area contributed by atoms with E-state index in [1.807, 2.05) is 0 Å². The molecule has 0 aromatic heterocycles. The maximum atomic E-state index is 3.87. The first-order valence-corrected chi connectivity index (χ1v) is 8.94. The van der Waals surface area contributed by atoms with Gasteiger partial charge in [0.2, 0.25) is 0 Å². The highest BCUT2D eigenvalue weighted by Crippen LogP contribution is 2.38. The molecule has 0 bridgehead atoms. The number of rotatable bonds is 6. The van der Waals surface area contributed by atoms with Crippen LogP contribution in [0.25, 0.3) is 0 Å². The Bertz CT molecular complexity index is 290. The average Bonchev–Trinajstić information content (AvgIpc) is 3.22. The Labute approximate surface area is 125 Å². The molecule has 0 amide bonds. The van der Waals surface area contributed by atoms with Crippen LogP contribution in [0, 0.1) is 23.2 Å². The smallest absolute Gasteiger partial charge is 0.0198 e. The minimum absolute atomic E-state index is 0.407. The molecule has 1 heterocycles. The topological polar surface area (TPSA) is 15.3 Å². The van der Waals surface area contributed by atoms with Crippen LogP contribution in [0.3, 0.4) is 0 Å². The molecule has 0 spiro atoms. The molecule has 2 nitrogen and oxygen atoms in total. The Morgan fingerprint density at radius 2 is 1.65 bits per heavy atom. The highest BCUT2D eigenvalue weighted by atomic mass is 15.2. The molecule has 116 valence electrons. The largest absolute Gasteiger partial charge is 0.312 e. The van der Waals surface area contributed by atoms with Crippen LogP contribution >= 0.6 is 0 Å². The summed E-state index contributed by atoms with van der Waals surface area (Å²) in [5.41, 5.74) is 0.407. The Morgan fingerprint density at radius 1 is 0.950 bits per heavy atom. The molecule has 2 atom stereocenters. The lowest BCUT2D eigenvalue weighted by molar-refractivity contribution is 0.123. The van der Waals surface area contributed by atoms with Crippen molar-refractivity contribution in [2.24, 2.45) is 23.2 Å². The molecule has 1 aliphatic heterocycles. The summed E-state index contributed by atoms with van der Waals surface area (Å²) in [6.07, 6.45) is 8.94. The standard InChI is InChI=1S/C18H34N2/c1-18(2,3)13-19-17-9-16(8-14-4-5-14)11-20(12-17)10-15-6-7-15/h14-17,19H,4-13H2,1-3H3. The molecule has 2 unspecified atom stereocenters. The first kappa shape index (κ1) is 14.8. The zero-order chi connectivity index (χ0) is 14.2. The zero-order valence-corrected chi connectivity index (χ0v) is 13.8. The lowest BCUT2D eigenvalue weighted by atomic mass is 9.88. The molecule has 20 heavy (non-hydrogen) atoms. The van der Waals surface area contributed by atoms with Gasteiger partial charge in [0.15, 0.2) is 0 Å². The Balaban J connectivity index is 1.50. The molecule has 2 aliphatic carbocycles. The molecular weight excluding hydrogens is 244 g/mol. The van der Waals surface area contributed by atoms with Crippen molar-refractivity contribution in [2.45, 2.75) is 65.3 Å². The van der Waals surface area contributed by atoms with Gasteiger partial charge in [-0.15, -0.1) is 0 Å². The second-order valence-electron chi connectivity index (χ2n) is 9.08. The number of hydrogen-bond acceptors (Lipinski definition) is 2. The van der Waals surface area contributed by atoms with Gasteiger partial charge in [-0.2, -0.15) is 0 Å². The summed E-state index contributed by atoms with van der Waals surface area (Å²) >= 11 is 0. The van der Waals surface area contributed by atoms with E-state index in [0.29, 0.717) is 5.41 Å². The SMILES string of the molecule is CC(C)(C)CNC1CC(CC2CC2)CN(CC2CC2)C1. The van der Waals surface area contributed by atoms with Crippen LogP contribution in [-0.2, 0) is 0 Å². The molecule has 0 radical (unpaired) electrons. The van der Waals surface area contributed by atoms with Crippen molar-refractivity contribution in [3.63, 3.8) is 0 Å². The fourth-order valence-corrected chi connectivity index (χ4v) is 3.71. The van der Waals surface area contributed by atoms with Gasteiger partial charge in [-0.25, -0.2) is 0 Å². The van der Waals surface area contributed by atoms with E-state index in [9.17, 15) is 0 Å². The molecule has 0 aromatic rings. The van der Waals surface area contributed by atoms with Crippen LogP contribution < -0.4 is 5.32 Å². The Hall–Kier alpha value is -0.0800. The predicted molar refractivity (Wildman–Crippen MR) is 85.9 cm³/mol. The Morgan fingerprint density at radius 3 is 2.25 bits per heavy atom. The molecule has 2 saturated carbocycles. The van der Waals surface area contributed by atoms with E-state index in [0.717, 1.165) is 30.3 Å². The van der Waals surface area contributed by atoms with Crippen LogP contribution in [0.5, 0.6) is 0 Å². The van der Waals surface area contributed by atoms with Gasteiger partial charge in [-0.1, -0.05) is 33.6 Å². The summed E-state index contributed by atoms with van der Waals surface area (Å²) in [5.74, 6) is 3.09. The van der Waals surface area contributed by atoms with Crippen molar-refractivity contribution in [3.8, 4) is 0 Å². The molecule has 2 heteroatoms. The van der Waals surface area contributed by atoms with Gasteiger partial charge in [0.1, 0.15) is 0 Å². The minimum atomic E-state index is 0.407. The van der Waals surface area contributed by atoms with E-state index in [1.165, 1.54) is 58.2 Å². The number of nitrogens with zero attached hydrogens (tertiary/aromatic N) is 1. The van der Waals surface area contributed by atoms with Crippen molar-refractivity contribution >= 4 is 0 Å². The van der Waals surface area contributed by atoms with Crippen molar-refractivity contribution in [1.82, 2.24) is 10.2 Å². The van der Waals surface area contributed by atoms with Crippen LogP contribution in [0.2, 0.25) is 0 Å². The maximum Gasteiger partial charge on any atom is 0.0198 e. The van der Waals surface area contributed by atoms with Gasteiger partial charge in [0, 0.05) is 32.2 Å². The fourth-order valence-electron chi connectivity index (χ4n) is 3.71. The minimum Gasteiger partial charge on any atom is -0.312 e. The van der Waals surface area contributed by atoms with Crippen LogP contribution in [0.1, 0.15) is 59.3 Å². The second-order valence-corrected chi connectivity index (χ2v) is 9.08. The van der Waals surface area contributed by atoms with Gasteiger partial charge >= 0.3 is 0 Å². The number of likely N-dealkylation sites (tertiary alicyclic amines) is 1. The number of hydrogen-bond donors (Lipinski definition) is 1. The number of nitrogens with one attached hydrogen (secondary N) is 1. The van der Waals surface area contributed by atoms with Crippen LogP contribution in [0.15, 0.2) is 0 Å². The van der Waals surface area contributed by atoms with Gasteiger partial charge in [0.25, 0.3) is 0 Å². The lowest BCUT2D eigenvalue weighted by Crippen LogP contribution is -2.51. The molecule has 1 N–H and O–H groups in total. The van der Waals surface area contributed by atoms with E-state index in [1.54, 1.807) is 0 Å². The highest BCUT2D eigenvalue weighted by Gasteiger charge is 2.34. The van der Waals surface area contributed by atoms with Gasteiger partial charge < -0.3 is 10.2 Å². The van der Waals surface area contributed by atoms with E-state index >= 15 is 0 Å². The van der Waals surface area contributed by atoms with Crippen molar-refractivity contribution < 1.29 is 0 Å². The van der Waals surface area contributed by atoms with Gasteiger partial charge in [-0.3, -0.25) is 0 Å². The van der Waals surface area contributed by atoms with Crippen molar-refractivity contribution in [1.29, 1.82) is 0 Å². The summed E-state index contributed by atoms with van der Waals surface area (Å²) in [4.78, 5) is 2.79.